The zero-order valence-corrected chi connectivity index (χ0v) is 21.0. The number of hydrogen-bond acceptors (Lipinski definition) is 8. The van der Waals surface area contributed by atoms with Crippen LogP contribution in [0.1, 0.15) is 58.1 Å². The van der Waals surface area contributed by atoms with E-state index in [1.165, 1.54) is 7.11 Å². The molecule has 11 nitrogen and oxygen atoms in total. The van der Waals surface area contributed by atoms with Gasteiger partial charge in [0.1, 0.15) is 5.60 Å². The van der Waals surface area contributed by atoms with Crippen LogP contribution in [0.25, 0.3) is 0 Å². The van der Waals surface area contributed by atoms with Gasteiger partial charge in [0.2, 0.25) is 11.8 Å². The number of nitrogens with one attached hydrogen (secondary N) is 2. The molecule has 3 rings (SSSR count). The quantitative estimate of drug-likeness (QED) is 0.508. The first kappa shape index (κ1) is 26.2. The third-order valence-corrected chi connectivity index (χ3v) is 5.62. The van der Waals surface area contributed by atoms with Crippen molar-refractivity contribution in [1.82, 2.24) is 25.4 Å². The maximum absolute atomic E-state index is 13.2. The molecule has 0 aliphatic carbocycles. The monoisotopic (exact) mass is 488 g/mol. The van der Waals surface area contributed by atoms with E-state index >= 15 is 0 Å². The van der Waals surface area contributed by atoms with Gasteiger partial charge in [-0.05, 0) is 39.2 Å². The third kappa shape index (κ3) is 7.83. The van der Waals surface area contributed by atoms with Crippen LogP contribution < -0.4 is 15.4 Å². The lowest BCUT2D eigenvalue weighted by molar-refractivity contribution is -0.156. The highest BCUT2D eigenvalue weighted by Crippen LogP contribution is 2.30. The number of pyridine rings is 1. The Balaban J connectivity index is 1.60. The Morgan fingerprint density at radius 3 is 2.69 bits per heavy atom. The first-order valence-corrected chi connectivity index (χ1v) is 12.0. The Labute approximate surface area is 206 Å². The zero-order valence-electron chi connectivity index (χ0n) is 21.0. The van der Waals surface area contributed by atoms with Gasteiger partial charge < -0.3 is 24.6 Å². The molecule has 2 N–H and O–H groups in total. The number of amides is 3. The van der Waals surface area contributed by atoms with Gasteiger partial charge in [-0.1, -0.05) is 6.07 Å². The van der Waals surface area contributed by atoms with Crippen molar-refractivity contribution in [2.24, 2.45) is 4.99 Å². The van der Waals surface area contributed by atoms with Crippen LogP contribution in [0.2, 0.25) is 0 Å². The summed E-state index contributed by atoms with van der Waals surface area (Å²) in [6.45, 7) is 8.36. The van der Waals surface area contributed by atoms with Crippen molar-refractivity contribution in [3.63, 3.8) is 0 Å². The van der Waals surface area contributed by atoms with Gasteiger partial charge in [-0.2, -0.15) is 0 Å². The lowest BCUT2D eigenvalue weighted by atomic mass is 10.0. The van der Waals surface area contributed by atoms with Gasteiger partial charge in [0.15, 0.2) is 5.96 Å². The molecule has 1 aromatic rings. The lowest BCUT2D eigenvalue weighted by Gasteiger charge is -2.29. The number of rotatable bonds is 9. The molecule has 1 fully saturated rings. The van der Waals surface area contributed by atoms with E-state index in [1.54, 1.807) is 22.1 Å². The number of nitrogens with zero attached hydrogens (tertiary/aromatic N) is 4. The van der Waals surface area contributed by atoms with Gasteiger partial charge in [-0.3, -0.25) is 19.9 Å². The van der Waals surface area contributed by atoms with E-state index in [-0.39, 0.29) is 30.7 Å². The summed E-state index contributed by atoms with van der Waals surface area (Å²) >= 11 is 0. The summed E-state index contributed by atoms with van der Waals surface area (Å²) in [6, 6.07) is 2.83. The molecule has 0 spiro atoms. The fraction of sp³-hybridized carbons (Fsp3) is 0.625. The highest BCUT2D eigenvalue weighted by Gasteiger charge is 2.36. The molecule has 1 unspecified atom stereocenters. The summed E-state index contributed by atoms with van der Waals surface area (Å²) in [7, 11) is 1.53. The van der Waals surface area contributed by atoms with Crippen LogP contribution in [0.3, 0.4) is 0 Å². The molecule has 1 aromatic heterocycles. The highest BCUT2D eigenvalue weighted by molar-refractivity contribution is 5.97. The summed E-state index contributed by atoms with van der Waals surface area (Å²) in [5.74, 6) is 0.448. The normalized spacial score (nSPS) is 16.9. The number of guanidine groups is 1. The Morgan fingerprint density at radius 2 is 2.06 bits per heavy atom. The number of aliphatic imine (C=N–C) groups is 1. The Hall–Kier alpha value is -3.37. The van der Waals surface area contributed by atoms with Crippen LogP contribution in [0.15, 0.2) is 23.3 Å². The maximum atomic E-state index is 13.2. The Bertz CT molecular complexity index is 927. The molecule has 0 bridgehead atoms. The van der Waals surface area contributed by atoms with Crippen molar-refractivity contribution in [3.05, 3.63) is 23.9 Å². The second-order valence-corrected chi connectivity index (χ2v) is 9.57. The van der Waals surface area contributed by atoms with E-state index in [1.807, 2.05) is 26.8 Å². The van der Waals surface area contributed by atoms with E-state index in [0.717, 1.165) is 18.5 Å². The van der Waals surface area contributed by atoms with E-state index in [0.29, 0.717) is 44.4 Å². The third-order valence-electron chi connectivity index (χ3n) is 5.62. The van der Waals surface area contributed by atoms with Gasteiger partial charge in [0.25, 0.3) is 0 Å². The van der Waals surface area contributed by atoms with E-state index in [4.69, 9.17) is 9.47 Å². The smallest absolute Gasteiger partial charge is 0.320 e. The largest absolute Gasteiger partial charge is 0.481 e. The molecule has 0 saturated carbocycles. The van der Waals surface area contributed by atoms with Gasteiger partial charge in [-0.25, -0.2) is 9.78 Å². The SMILES string of the molecule is COc1ccc(C(CC(=O)OC(C)(C)C)N2CCN(CCCC(=O)NC3=NCCCN3)C2=O)cn1. The van der Waals surface area contributed by atoms with Gasteiger partial charge in [0.05, 0.1) is 19.6 Å². The summed E-state index contributed by atoms with van der Waals surface area (Å²) in [5.41, 5.74) is 0.104. The topological polar surface area (TPSA) is 125 Å². The van der Waals surface area contributed by atoms with E-state index in [9.17, 15) is 14.4 Å². The van der Waals surface area contributed by atoms with Crippen LogP contribution in [0.4, 0.5) is 4.79 Å². The van der Waals surface area contributed by atoms with Gasteiger partial charge in [0, 0.05) is 51.4 Å². The minimum atomic E-state index is -0.625. The predicted molar refractivity (Wildman–Crippen MR) is 130 cm³/mol. The number of urea groups is 1. The second kappa shape index (κ2) is 11.9. The molecule has 0 aromatic carbocycles. The molecular weight excluding hydrogens is 452 g/mol. The standard InChI is InChI=1S/C24H36N6O5/c1-24(2,3)35-21(32)15-18(17-8-9-20(34-4)27-16-17)30-14-13-29(23(30)33)12-5-7-19(31)28-22-25-10-6-11-26-22/h8-9,16,18H,5-7,10-15H2,1-4H3,(H2,25,26,28,31). The molecule has 1 atom stereocenters. The highest BCUT2D eigenvalue weighted by atomic mass is 16.6. The van der Waals surface area contributed by atoms with Crippen LogP contribution in [-0.4, -0.2) is 84.1 Å². The van der Waals surface area contributed by atoms with E-state index < -0.39 is 11.6 Å². The molecular formula is C24H36N6O5. The molecule has 2 aliphatic rings. The van der Waals surface area contributed by atoms with Crippen molar-refractivity contribution in [2.45, 2.75) is 58.1 Å². The number of methoxy groups -OCH3 is 1. The van der Waals surface area contributed by atoms with Crippen LogP contribution in [0, 0.1) is 0 Å². The molecule has 192 valence electrons. The Kier molecular flexibility index (Phi) is 8.89. The molecule has 2 aliphatic heterocycles. The second-order valence-electron chi connectivity index (χ2n) is 9.57. The number of carbonyl (C=O) groups excluding carboxylic acids is 3. The molecule has 11 heteroatoms. The van der Waals surface area contributed by atoms with E-state index in [2.05, 4.69) is 20.6 Å². The Morgan fingerprint density at radius 1 is 1.26 bits per heavy atom. The number of carbonyl (C=O) groups is 3. The van der Waals surface area contributed by atoms with Crippen molar-refractivity contribution in [2.75, 3.05) is 39.8 Å². The molecule has 1 saturated heterocycles. The minimum Gasteiger partial charge on any atom is -0.481 e. The fourth-order valence-corrected chi connectivity index (χ4v) is 4.00. The van der Waals surface area contributed by atoms with Crippen molar-refractivity contribution >= 4 is 23.9 Å². The lowest BCUT2D eigenvalue weighted by Crippen LogP contribution is -2.43. The number of esters is 1. The van der Waals surface area contributed by atoms with Crippen LogP contribution >= 0.6 is 0 Å². The summed E-state index contributed by atoms with van der Waals surface area (Å²) in [5, 5.41) is 5.83. The van der Waals surface area contributed by atoms with Gasteiger partial charge in [-0.15, -0.1) is 0 Å². The first-order chi connectivity index (χ1) is 16.7. The van der Waals surface area contributed by atoms with Crippen molar-refractivity contribution in [1.29, 1.82) is 0 Å². The first-order valence-electron chi connectivity index (χ1n) is 12.0. The predicted octanol–water partition coefficient (Wildman–Crippen LogP) is 1.85. The average molecular weight is 489 g/mol. The molecule has 3 amide bonds. The molecule has 3 heterocycles. The summed E-state index contributed by atoms with van der Waals surface area (Å²) in [4.78, 5) is 49.9. The van der Waals surface area contributed by atoms with Crippen molar-refractivity contribution < 1.29 is 23.9 Å². The van der Waals surface area contributed by atoms with Gasteiger partial charge >= 0.3 is 12.0 Å². The maximum Gasteiger partial charge on any atom is 0.320 e. The fourth-order valence-electron chi connectivity index (χ4n) is 4.00. The minimum absolute atomic E-state index is 0.0162. The zero-order chi connectivity index (χ0) is 25.4. The summed E-state index contributed by atoms with van der Waals surface area (Å²) < 4.78 is 10.7. The molecule has 35 heavy (non-hydrogen) atoms. The molecule has 0 radical (unpaired) electrons. The number of aromatic nitrogens is 1. The summed E-state index contributed by atoms with van der Waals surface area (Å²) in [6.07, 6.45) is 3.40. The van der Waals surface area contributed by atoms with Crippen molar-refractivity contribution in [3.8, 4) is 5.88 Å². The van der Waals surface area contributed by atoms with Crippen LogP contribution in [-0.2, 0) is 14.3 Å². The average Bonchev–Trinajstić information content (AvgIpc) is 3.17. The number of hydrogen-bond donors (Lipinski definition) is 2. The van der Waals surface area contributed by atoms with Crippen LogP contribution in [0.5, 0.6) is 5.88 Å². The number of ether oxygens (including phenoxy) is 2.